The topological polar surface area (TPSA) is 46.3 Å². The normalized spacial score (nSPS) is 31.3. The van der Waals surface area contributed by atoms with Crippen molar-refractivity contribution >= 4 is 23.1 Å². The third-order valence-corrected chi connectivity index (χ3v) is 5.25. The molecule has 1 aliphatic carbocycles. The van der Waals surface area contributed by atoms with Crippen molar-refractivity contribution in [1.29, 1.82) is 0 Å². The molecule has 3 nitrogen and oxygen atoms in total. The maximum atomic E-state index is 12.8. The molecule has 0 aromatic rings. The van der Waals surface area contributed by atoms with Gasteiger partial charge in [-0.1, -0.05) is 45.3 Å². The number of hydrogen-bond acceptors (Lipinski definition) is 2. The average molecular weight is 268 g/mol. The predicted octanol–water partition coefficient (Wildman–Crippen LogP) is 2.34. The number of nitrogens with zero attached hydrogens (tertiary/aromatic N) is 1. The summed E-state index contributed by atoms with van der Waals surface area (Å²) in [5.74, 6) is 1.37. The van der Waals surface area contributed by atoms with Crippen LogP contribution in [0.15, 0.2) is 0 Å². The van der Waals surface area contributed by atoms with Crippen LogP contribution in [0.25, 0.3) is 0 Å². The Bertz CT molecular complexity index is 340. The summed E-state index contributed by atoms with van der Waals surface area (Å²) in [5.41, 5.74) is 5.39. The molecular weight excluding hydrogens is 244 g/mol. The van der Waals surface area contributed by atoms with Crippen LogP contribution in [0, 0.1) is 17.3 Å². The summed E-state index contributed by atoms with van der Waals surface area (Å²) < 4.78 is 0. The molecular formula is C14H24N2OS. The summed E-state index contributed by atoms with van der Waals surface area (Å²) in [6.07, 6.45) is 5.04. The van der Waals surface area contributed by atoms with Crippen LogP contribution in [0.2, 0.25) is 0 Å². The lowest BCUT2D eigenvalue weighted by atomic mass is 9.73. The van der Waals surface area contributed by atoms with Gasteiger partial charge in [0.1, 0.15) is 0 Å². The molecule has 0 spiro atoms. The van der Waals surface area contributed by atoms with Gasteiger partial charge in [0.2, 0.25) is 5.91 Å². The summed E-state index contributed by atoms with van der Waals surface area (Å²) in [5, 5.41) is 0. The van der Waals surface area contributed by atoms with E-state index in [1.54, 1.807) is 0 Å². The molecule has 18 heavy (non-hydrogen) atoms. The van der Waals surface area contributed by atoms with E-state index in [0.717, 1.165) is 38.8 Å². The van der Waals surface area contributed by atoms with Crippen molar-refractivity contribution in [3.05, 3.63) is 0 Å². The highest BCUT2D eigenvalue weighted by Gasteiger charge is 2.46. The van der Waals surface area contributed by atoms with Crippen molar-refractivity contribution in [3.63, 3.8) is 0 Å². The van der Waals surface area contributed by atoms with E-state index in [9.17, 15) is 4.79 Å². The molecule has 1 saturated carbocycles. The Labute approximate surface area is 115 Å². The SMILES string of the molecule is CC1CN(C(=O)C2(C(N)=S)CCCCC2)CC1C. The molecule has 4 heteroatoms. The lowest BCUT2D eigenvalue weighted by Crippen LogP contribution is -2.51. The van der Waals surface area contributed by atoms with E-state index in [4.69, 9.17) is 18.0 Å². The fraction of sp³-hybridized carbons (Fsp3) is 0.857. The highest BCUT2D eigenvalue weighted by Crippen LogP contribution is 2.40. The molecule has 1 amide bonds. The molecule has 1 heterocycles. The highest BCUT2D eigenvalue weighted by atomic mass is 32.1. The van der Waals surface area contributed by atoms with Gasteiger partial charge in [-0.15, -0.1) is 0 Å². The van der Waals surface area contributed by atoms with Crippen molar-refractivity contribution < 1.29 is 4.79 Å². The first-order chi connectivity index (χ1) is 8.47. The Hall–Kier alpha value is -0.640. The number of thiocarbonyl (C=S) groups is 1. The van der Waals surface area contributed by atoms with Crippen LogP contribution in [-0.2, 0) is 4.79 Å². The van der Waals surface area contributed by atoms with E-state index in [2.05, 4.69) is 13.8 Å². The first-order valence-electron chi connectivity index (χ1n) is 7.06. The molecule has 0 radical (unpaired) electrons. The molecule has 2 aliphatic rings. The summed E-state index contributed by atoms with van der Waals surface area (Å²) in [6, 6.07) is 0. The first-order valence-corrected chi connectivity index (χ1v) is 7.47. The Morgan fingerprint density at radius 1 is 1.17 bits per heavy atom. The van der Waals surface area contributed by atoms with E-state index in [0.29, 0.717) is 16.8 Å². The van der Waals surface area contributed by atoms with Crippen LogP contribution in [0.3, 0.4) is 0 Å². The van der Waals surface area contributed by atoms with Crippen LogP contribution >= 0.6 is 12.2 Å². The van der Waals surface area contributed by atoms with Crippen molar-refractivity contribution in [3.8, 4) is 0 Å². The largest absolute Gasteiger partial charge is 0.392 e. The van der Waals surface area contributed by atoms with Gasteiger partial charge in [-0.05, 0) is 24.7 Å². The highest BCUT2D eigenvalue weighted by molar-refractivity contribution is 7.80. The molecule has 2 fully saturated rings. The van der Waals surface area contributed by atoms with Gasteiger partial charge in [0.15, 0.2) is 0 Å². The molecule has 1 saturated heterocycles. The average Bonchev–Trinajstić information content (AvgIpc) is 2.69. The number of nitrogens with two attached hydrogens (primary N) is 1. The number of rotatable bonds is 2. The second-order valence-corrected chi connectivity index (χ2v) is 6.61. The Morgan fingerprint density at radius 3 is 2.11 bits per heavy atom. The Balaban J connectivity index is 2.16. The van der Waals surface area contributed by atoms with Gasteiger partial charge in [0.25, 0.3) is 0 Å². The fourth-order valence-corrected chi connectivity index (χ4v) is 3.61. The zero-order valence-corrected chi connectivity index (χ0v) is 12.3. The molecule has 0 bridgehead atoms. The van der Waals surface area contributed by atoms with Crippen molar-refractivity contribution in [1.82, 2.24) is 4.90 Å². The van der Waals surface area contributed by atoms with Crippen molar-refractivity contribution in [2.75, 3.05) is 13.1 Å². The van der Waals surface area contributed by atoms with Gasteiger partial charge in [0.05, 0.1) is 10.4 Å². The fourth-order valence-electron chi connectivity index (χ4n) is 3.32. The second-order valence-electron chi connectivity index (χ2n) is 6.17. The molecule has 2 unspecified atom stereocenters. The maximum Gasteiger partial charge on any atom is 0.235 e. The predicted molar refractivity (Wildman–Crippen MR) is 77.2 cm³/mol. The molecule has 0 aromatic heterocycles. The van der Waals surface area contributed by atoms with Gasteiger partial charge < -0.3 is 10.6 Å². The molecule has 2 atom stereocenters. The number of likely N-dealkylation sites (tertiary alicyclic amines) is 1. The number of hydrogen-bond donors (Lipinski definition) is 1. The molecule has 102 valence electrons. The van der Waals surface area contributed by atoms with Crippen LogP contribution in [-0.4, -0.2) is 28.9 Å². The molecule has 0 aromatic carbocycles. The van der Waals surface area contributed by atoms with E-state index < -0.39 is 5.41 Å². The molecule has 2 rings (SSSR count). The standard InChI is InChI=1S/C14H24N2OS/c1-10-8-16(9-11(10)2)13(17)14(12(15)18)6-4-3-5-7-14/h10-11H,3-9H2,1-2H3,(H2,15,18). The monoisotopic (exact) mass is 268 g/mol. The lowest BCUT2D eigenvalue weighted by molar-refractivity contribution is -0.138. The minimum absolute atomic E-state index is 0.200. The summed E-state index contributed by atoms with van der Waals surface area (Å²) in [4.78, 5) is 15.2. The van der Waals surface area contributed by atoms with Crippen molar-refractivity contribution in [2.24, 2.45) is 23.0 Å². The van der Waals surface area contributed by atoms with E-state index in [1.807, 2.05) is 4.90 Å². The van der Waals surface area contributed by atoms with Crippen LogP contribution in [0.1, 0.15) is 46.0 Å². The van der Waals surface area contributed by atoms with Crippen LogP contribution in [0.4, 0.5) is 0 Å². The van der Waals surface area contributed by atoms with Crippen molar-refractivity contribution in [2.45, 2.75) is 46.0 Å². The zero-order chi connectivity index (χ0) is 13.3. The third kappa shape index (κ3) is 2.27. The summed E-state index contributed by atoms with van der Waals surface area (Å²) in [6.45, 7) is 6.16. The summed E-state index contributed by atoms with van der Waals surface area (Å²) >= 11 is 5.23. The number of carbonyl (C=O) groups excluding carboxylic acids is 1. The van der Waals surface area contributed by atoms with Gasteiger partial charge in [-0.25, -0.2) is 0 Å². The smallest absolute Gasteiger partial charge is 0.235 e. The van der Waals surface area contributed by atoms with Gasteiger partial charge >= 0.3 is 0 Å². The van der Waals surface area contributed by atoms with Gasteiger partial charge in [-0.3, -0.25) is 4.79 Å². The minimum atomic E-state index is -0.530. The third-order valence-electron chi connectivity index (χ3n) is 4.86. The van der Waals surface area contributed by atoms with E-state index >= 15 is 0 Å². The second kappa shape index (κ2) is 5.16. The number of amides is 1. The quantitative estimate of drug-likeness (QED) is 0.782. The Morgan fingerprint density at radius 2 is 1.67 bits per heavy atom. The first kappa shape index (κ1) is 13.8. The number of carbonyl (C=O) groups is 1. The maximum absolute atomic E-state index is 12.8. The van der Waals surface area contributed by atoms with Gasteiger partial charge in [0, 0.05) is 13.1 Å². The minimum Gasteiger partial charge on any atom is -0.392 e. The van der Waals surface area contributed by atoms with E-state index in [-0.39, 0.29) is 5.91 Å². The molecule has 1 aliphatic heterocycles. The van der Waals surface area contributed by atoms with Crippen LogP contribution < -0.4 is 5.73 Å². The van der Waals surface area contributed by atoms with E-state index in [1.165, 1.54) is 6.42 Å². The summed E-state index contributed by atoms with van der Waals surface area (Å²) in [7, 11) is 0. The Kier molecular flexibility index (Phi) is 3.95. The lowest BCUT2D eigenvalue weighted by Gasteiger charge is -2.37. The zero-order valence-electron chi connectivity index (χ0n) is 11.4. The van der Waals surface area contributed by atoms with Gasteiger partial charge in [-0.2, -0.15) is 0 Å². The molecule has 2 N–H and O–H groups in total. The van der Waals surface area contributed by atoms with Crippen LogP contribution in [0.5, 0.6) is 0 Å².